The van der Waals surface area contributed by atoms with Crippen LogP contribution >= 0.6 is 11.6 Å². The zero-order valence-corrected chi connectivity index (χ0v) is 16.1. The van der Waals surface area contributed by atoms with E-state index < -0.39 is 12.1 Å². The lowest BCUT2D eigenvalue weighted by atomic mass is 10.0. The molecule has 2 atom stereocenters. The molecule has 7 heteroatoms. The molecular formula is C18H27ClN2O4. The predicted octanol–water partition coefficient (Wildman–Crippen LogP) is 3.38. The Hall–Kier alpha value is -1.95. The lowest BCUT2D eigenvalue weighted by molar-refractivity contribution is -0.124. The average molecular weight is 371 g/mol. The molecule has 0 spiro atoms. The summed E-state index contributed by atoms with van der Waals surface area (Å²) in [5.74, 6) is 0.316. The fourth-order valence-electron chi connectivity index (χ4n) is 2.04. The van der Waals surface area contributed by atoms with Gasteiger partial charge in [-0.3, -0.25) is 4.79 Å². The van der Waals surface area contributed by atoms with Gasteiger partial charge in [0.2, 0.25) is 5.91 Å². The van der Waals surface area contributed by atoms with Crippen LogP contribution in [0.5, 0.6) is 5.75 Å². The first-order chi connectivity index (χ1) is 11.7. The molecule has 2 amide bonds. The third kappa shape index (κ3) is 8.12. The number of carbonyl (C=O) groups excluding carboxylic acids is 2. The van der Waals surface area contributed by atoms with Crippen molar-refractivity contribution in [3.05, 3.63) is 29.3 Å². The molecule has 140 valence electrons. The van der Waals surface area contributed by atoms with Crippen LogP contribution in [0.3, 0.4) is 0 Å². The SMILES string of the molecule is CC(COc1ccc(Cl)cc1)NC(=O)C(NC(=O)OC(C)C)C(C)C. The van der Waals surface area contributed by atoms with Gasteiger partial charge in [0.05, 0.1) is 12.1 Å². The van der Waals surface area contributed by atoms with Gasteiger partial charge in [0.15, 0.2) is 0 Å². The van der Waals surface area contributed by atoms with E-state index in [0.717, 1.165) is 0 Å². The summed E-state index contributed by atoms with van der Waals surface area (Å²) in [5.41, 5.74) is 0. The molecule has 1 aromatic carbocycles. The maximum atomic E-state index is 12.4. The number of amides is 2. The van der Waals surface area contributed by atoms with Crippen molar-refractivity contribution in [3.8, 4) is 5.75 Å². The molecule has 0 saturated carbocycles. The average Bonchev–Trinajstić information content (AvgIpc) is 2.51. The number of rotatable bonds is 8. The van der Waals surface area contributed by atoms with Gasteiger partial charge in [-0.15, -0.1) is 0 Å². The Morgan fingerprint density at radius 2 is 1.64 bits per heavy atom. The monoisotopic (exact) mass is 370 g/mol. The Morgan fingerprint density at radius 3 is 2.16 bits per heavy atom. The smallest absolute Gasteiger partial charge is 0.408 e. The maximum absolute atomic E-state index is 12.4. The predicted molar refractivity (Wildman–Crippen MR) is 97.9 cm³/mol. The fraction of sp³-hybridized carbons (Fsp3) is 0.556. The van der Waals surface area contributed by atoms with E-state index in [0.29, 0.717) is 17.4 Å². The molecule has 0 aliphatic rings. The van der Waals surface area contributed by atoms with E-state index in [-0.39, 0.29) is 24.0 Å². The van der Waals surface area contributed by atoms with E-state index >= 15 is 0 Å². The molecule has 1 rings (SSSR count). The molecule has 0 aromatic heterocycles. The second kappa shape index (κ2) is 10.1. The minimum absolute atomic E-state index is 0.0795. The summed E-state index contributed by atoms with van der Waals surface area (Å²) in [6.07, 6.45) is -0.850. The minimum Gasteiger partial charge on any atom is -0.491 e. The molecule has 2 unspecified atom stereocenters. The highest BCUT2D eigenvalue weighted by Crippen LogP contribution is 2.15. The molecule has 25 heavy (non-hydrogen) atoms. The van der Waals surface area contributed by atoms with Crippen molar-refractivity contribution in [2.24, 2.45) is 5.92 Å². The van der Waals surface area contributed by atoms with E-state index in [1.54, 1.807) is 38.1 Å². The fourth-order valence-corrected chi connectivity index (χ4v) is 2.16. The van der Waals surface area contributed by atoms with Gasteiger partial charge >= 0.3 is 6.09 Å². The standard InChI is InChI=1S/C18H27ClN2O4/c1-11(2)16(21-18(23)25-12(3)4)17(22)20-13(5)10-24-15-8-6-14(19)7-9-15/h6-9,11-13,16H,10H2,1-5H3,(H,20,22)(H,21,23). The van der Waals surface area contributed by atoms with Crippen molar-refractivity contribution in [2.45, 2.75) is 52.8 Å². The minimum atomic E-state index is -0.677. The van der Waals surface area contributed by atoms with Gasteiger partial charge in [-0.05, 0) is 51.0 Å². The summed E-state index contributed by atoms with van der Waals surface area (Å²) in [6.45, 7) is 9.34. The Kier molecular flexibility index (Phi) is 8.55. The van der Waals surface area contributed by atoms with Crippen molar-refractivity contribution in [1.29, 1.82) is 0 Å². The van der Waals surface area contributed by atoms with Crippen LogP contribution in [0.4, 0.5) is 4.79 Å². The first kappa shape index (κ1) is 21.1. The number of nitrogens with one attached hydrogen (secondary N) is 2. The maximum Gasteiger partial charge on any atom is 0.408 e. The van der Waals surface area contributed by atoms with Crippen LogP contribution in [0, 0.1) is 5.92 Å². The highest BCUT2D eigenvalue weighted by atomic mass is 35.5. The van der Waals surface area contributed by atoms with Crippen molar-refractivity contribution >= 4 is 23.6 Å². The van der Waals surface area contributed by atoms with Crippen LogP contribution in [0.1, 0.15) is 34.6 Å². The number of carbonyl (C=O) groups is 2. The highest BCUT2D eigenvalue weighted by molar-refractivity contribution is 6.30. The number of hydrogen-bond donors (Lipinski definition) is 2. The van der Waals surface area contributed by atoms with Crippen LogP contribution in [0.2, 0.25) is 5.02 Å². The second-order valence-electron chi connectivity index (χ2n) is 6.49. The van der Waals surface area contributed by atoms with Crippen LogP contribution in [-0.2, 0) is 9.53 Å². The van der Waals surface area contributed by atoms with Crippen molar-refractivity contribution < 1.29 is 19.1 Å². The Labute approximate surface area is 154 Å². The molecule has 6 nitrogen and oxygen atoms in total. The largest absolute Gasteiger partial charge is 0.491 e. The van der Waals surface area contributed by atoms with Gasteiger partial charge in [-0.25, -0.2) is 4.79 Å². The molecular weight excluding hydrogens is 344 g/mol. The summed E-state index contributed by atoms with van der Waals surface area (Å²) in [7, 11) is 0. The normalized spacial score (nSPS) is 13.3. The first-order valence-electron chi connectivity index (χ1n) is 8.35. The molecule has 0 heterocycles. The van der Waals surface area contributed by atoms with Crippen LogP contribution in [0.15, 0.2) is 24.3 Å². The molecule has 1 aromatic rings. The Morgan fingerprint density at radius 1 is 1.04 bits per heavy atom. The topological polar surface area (TPSA) is 76.7 Å². The molecule has 0 aliphatic heterocycles. The molecule has 0 radical (unpaired) electrons. The number of halogens is 1. The van der Waals surface area contributed by atoms with Crippen LogP contribution in [-0.4, -0.2) is 36.8 Å². The zero-order valence-electron chi connectivity index (χ0n) is 15.3. The zero-order chi connectivity index (χ0) is 19.0. The van der Waals surface area contributed by atoms with E-state index in [4.69, 9.17) is 21.1 Å². The molecule has 0 aliphatic carbocycles. The first-order valence-corrected chi connectivity index (χ1v) is 8.72. The summed E-state index contributed by atoms with van der Waals surface area (Å²) >= 11 is 5.82. The lowest BCUT2D eigenvalue weighted by Crippen LogP contribution is -2.52. The van der Waals surface area contributed by atoms with Gasteiger partial charge in [-0.2, -0.15) is 0 Å². The number of benzene rings is 1. The lowest BCUT2D eigenvalue weighted by Gasteiger charge is -2.24. The third-order valence-corrected chi connectivity index (χ3v) is 3.52. The van der Waals surface area contributed by atoms with Gasteiger partial charge < -0.3 is 20.1 Å². The van der Waals surface area contributed by atoms with Crippen LogP contribution in [0.25, 0.3) is 0 Å². The van der Waals surface area contributed by atoms with Gasteiger partial charge in [0.25, 0.3) is 0 Å². The summed E-state index contributed by atoms with van der Waals surface area (Å²) in [4.78, 5) is 24.2. The van der Waals surface area contributed by atoms with E-state index in [9.17, 15) is 9.59 Å². The second-order valence-corrected chi connectivity index (χ2v) is 6.93. The van der Waals surface area contributed by atoms with E-state index in [2.05, 4.69) is 10.6 Å². The summed E-state index contributed by atoms with van der Waals surface area (Å²) in [5, 5.41) is 6.08. The van der Waals surface area contributed by atoms with E-state index in [1.165, 1.54) is 0 Å². The highest BCUT2D eigenvalue weighted by Gasteiger charge is 2.26. The van der Waals surface area contributed by atoms with Gasteiger partial charge in [0.1, 0.15) is 18.4 Å². The van der Waals surface area contributed by atoms with Crippen LogP contribution < -0.4 is 15.4 Å². The quantitative estimate of drug-likeness (QED) is 0.735. The molecule has 0 bridgehead atoms. The number of alkyl carbamates (subject to hydrolysis) is 1. The Bertz CT molecular complexity index is 561. The molecule has 0 saturated heterocycles. The van der Waals surface area contributed by atoms with Gasteiger partial charge in [0, 0.05) is 5.02 Å². The van der Waals surface area contributed by atoms with Gasteiger partial charge in [-0.1, -0.05) is 25.4 Å². The summed E-state index contributed by atoms with van der Waals surface area (Å²) < 4.78 is 10.6. The Balaban J connectivity index is 2.51. The third-order valence-electron chi connectivity index (χ3n) is 3.27. The van der Waals surface area contributed by atoms with E-state index in [1.807, 2.05) is 20.8 Å². The van der Waals surface area contributed by atoms with Crippen molar-refractivity contribution in [3.63, 3.8) is 0 Å². The van der Waals surface area contributed by atoms with Crippen molar-refractivity contribution in [2.75, 3.05) is 6.61 Å². The summed E-state index contributed by atoms with van der Waals surface area (Å²) in [6, 6.07) is 6.09. The molecule has 0 fully saturated rings. The number of hydrogen-bond acceptors (Lipinski definition) is 4. The van der Waals surface area contributed by atoms with Crippen molar-refractivity contribution in [1.82, 2.24) is 10.6 Å². The number of ether oxygens (including phenoxy) is 2. The molecule has 2 N–H and O–H groups in total.